The van der Waals surface area contributed by atoms with Crippen molar-refractivity contribution >= 4 is 11.6 Å². The average molecular weight is 282 g/mol. The number of benzene rings is 1. The van der Waals surface area contributed by atoms with E-state index in [1.54, 1.807) is 6.07 Å². The zero-order chi connectivity index (χ0) is 13.4. The molecular weight excluding hydrogens is 261 g/mol. The number of hydrogen-bond acceptors (Lipinski definition) is 1. The van der Waals surface area contributed by atoms with Crippen molar-refractivity contribution in [3.05, 3.63) is 34.6 Å². The van der Waals surface area contributed by atoms with Crippen LogP contribution in [-0.4, -0.2) is 6.54 Å². The molecule has 0 aliphatic heterocycles. The summed E-state index contributed by atoms with van der Waals surface area (Å²) in [4.78, 5) is 0. The van der Waals surface area contributed by atoms with E-state index in [4.69, 9.17) is 11.6 Å². The number of hydrogen-bond donors (Lipinski definition) is 1. The van der Waals surface area contributed by atoms with Gasteiger partial charge in [0.05, 0.1) is 0 Å². The lowest BCUT2D eigenvalue weighted by molar-refractivity contribution is 0.249. The third kappa shape index (κ3) is 2.53. The third-order valence-electron chi connectivity index (χ3n) is 4.94. The Morgan fingerprint density at radius 1 is 1.37 bits per heavy atom. The van der Waals surface area contributed by atoms with Gasteiger partial charge in [-0.15, -0.1) is 0 Å². The van der Waals surface area contributed by atoms with Crippen LogP contribution in [0.1, 0.15) is 44.2 Å². The van der Waals surface area contributed by atoms with Crippen LogP contribution >= 0.6 is 11.6 Å². The molecule has 3 heteroatoms. The SMILES string of the molecule is CCNC(c1ccc(Cl)cc1F)C1CC2CCC1C2. The lowest BCUT2D eigenvalue weighted by Gasteiger charge is -2.31. The van der Waals surface area contributed by atoms with Crippen LogP contribution in [-0.2, 0) is 0 Å². The van der Waals surface area contributed by atoms with E-state index in [1.165, 1.54) is 31.7 Å². The fourth-order valence-electron chi connectivity index (χ4n) is 4.17. The maximum atomic E-state index is 14.2. The first kappa shape index (κ1) is 13.4. The molecular formula is C16H21ClFN. The van der Waals surface area contributed by atoms with E-state index >= 15 is 0 Å². The van der Waals surface area contributed by atoms with Crippen LogP contribution in [0.4, 0.5) is 4.39 Å². The molecule has 0 aromatic heterocycles. The van der Waals surface area contributed by atoms with Gasteiger partial charge in [0.15, 0.2) is 0 Å². The van der Waals surface area contributed by atoms with Gasteiger partial charge >= 0.3 is 0 Å². The van der Waals surface area contributed by atoms with E-state index in [9.17, 15) is 4.39 Å². The highest BCUT2D eigenvalue weighted by Gasteiger charge is 2.43. The van der Waals surface area contributed by atoms with Gasteiger partial charge in [0, 0.05) is 16.6 Å². The fraction of sp³-hybridized carbons (Fsp3) is 0.625. The number of halogens is 2. The second-order valence-corrected chi connectivity index (χ2v) is 6.48. The Kier molecular flexibility index (Phi) is 3.81. The normalized spacial score (nSPS) is 30.8. The van der Waals surface area contributed by atoms with Crippen molar-refractivity contribution < 1.29 is 4.39 Å². The van der Waals surface area contributed by atoms with Crippen molar-refractivity contribution in [2.75, 3.05) is 6.54 Å². The Morgan fingerprint density at radius 2 is 2.21 bits per heavy atom. The minimum Gasteiger partial charge on any atom is -0.310 e. The van der Waals surface area contributed by atoms with Crippen molar-refractivity contribution in [3.63, 3.8) is 0 Å². The molecule has 1 N–H and O–H groups in total. The minimum atomic E-state index is -0.166. The fourth-order valence-corrected chi connectivity index (χ4v) is 4.33. The molecule has 1 nitrogen and oxygen atoms in total. The molecule has 1 aromatic rings. The Balaban J connectivity index is 1.88. The predicted molar refractivity (Wildman–Crippen MR) is 76.8 cm³/mol. The molecule has 0 saturated heterocycles. The van der Waals surface area contributed by atoms with E-state index in [0.717, 1.165) is 23.9 Å². The van der Waals surface area contributed by atoms with Gasteiger partial charge in [0.25, 0.3) is 0 Å². The maximum absolute atomic E-state index is 14.2. The molecule has 2 bridgehead atoms. The second kappa shape index (κ2) is 5.41. The van der Waals surface area contributed by atoms with Gasteiger partial charge in [-0.3, -0.25) is 0 Å². The molecule has 1 aromatic carbocycles. The van der Waals surface area contributed by atoms with Gasteiger partial charge < -0.3 is 5.32 Å². The van der Waals surface area contributed by atoms with E-state index < -0.39 is 0 Å². The van der Waals surface area contributed by atoms with Gasteiger partial charge in [-0.05, 0) is 55.7 Å². The lowest BCUT2D eigenvalue weighted by atomic mass is 9.80. The molecule has 0 heterocycles. The Bertz CT molecular complexity index is 462. The summed E-state index contributed by atoms with van der Waals surface area (Å²) in [5, 5.41) is 3.98. The summed E-state index contributed by atoms with van der Waals surface area (Å²) >= 11 is 5.86. The Morgan fingerprint density at radius 3 is 2.79 bits per heavy atom. The van der Waals surface area contributed by atoms with Crippen molar-refractivity contribution in [1.29, 1.82) is 0 Å². The summed E-state index contributed by atoms with van der Waals surface area (Å²) in [6.45, 7) is 2.97. The highest BCUT2D eigenvalue weighted by molar-refractivity contribution is 6.30. The van der Waals surface area contributed by atoms with Crippen LogP contribution in [0.15, 0.2) is 18.2 Å². The predicted octanol–water partition coefficient (Wildman–Crippen LogP) is 4.57. The van der Waals surface area contributed by atoms with Crippen LogP contribution in [0.2, 0.25) is 5.02 Å². The van der Waals surface area contributed by atoms with Gasteiger partial charge in [-0.1, -0.05) is 31.0 Å². The van der Waals surface area contributed by atoms with Gasteiger partial charge in [0.1, 0.15) is 5.82 Å². The minimum absolute atomic E-state index is 0.151. The molecule has 104 valence electrons. The summed E-state index contributed by atoms with van der Waals surface area (Å²) in [5.41, 5.74) is 0.795. The van der Waals surface area contributed by atoms with Crippen LogP contribution < -0.4 is 5.32 Å². The average Bonchev–Trinajstić information content (AvgIpc) is 2.99. The summed E-state index contributed by atoms with van der Waals surface area (Å²) in [5.74, 6) is 2.09. The van der Waals surface area contributed by atoms with Gasteiger partial charge in [-0.2, -0.15) is 0 Å². The maximum Gasteiger partial charge on any atom is 0.129 e. The Labute approximate surface area is 119 Å². The zero-order valence-electron chi connectivity index (χ0n) is 11.3. The molecule has 3 rings (SSSR count). The Hall–Kier alpha value is -0.600. The highest BCUT2D eigenvalue weighted by atomic mass is 35.5. The molecule has 2 aliphatic rings. The monoisotopic (exact) mass is 281 g/mol. The van der Waals surface area contributed by atoms with E-state index in [0.29, 0.717) is 10.9 Å². The van der Waals surface area contributed by atoms with Crippen LogP contribution in [0.5, 0.6) is 0 Å². The molecule has 4 unspecified atom stereocenters. The number of nitrogens with one attached hydrogen (secondary N) is 1. The lowest BCUT2D eigenvalue weighted by Crippen LogP contribution is -2.32. The molecule has 2 saturated carbocycles. The van der Waals surface area contributed by atoms with E-state index in [1.807, 2.05) is 6.07 Å². The van der Waals surface area contributed by atoms with Crippen LogP contribution in [0.3, 0.4) is 0 Å². The first-order valence-corrected chi connectivity index (χ1v) is 7.75. The second-order valence-electron chi connectivity index (χ2n) is 6.04. The van der Waals surface area contributed by atoms with Crippen molar-refractivity contribution in [1.82, 2.24) is 5.32 Å². The third-order valence-corrected chi connectivity index (χ3v) is 5.18. The molecule has 19 heavy (non-hydrogen) atoms. The van der Waals surface area contributed by atoms with Gasteiger partial charge in [-0.25, -0.2) is 4.39 Å². The number of rotatable bonds is 4. The number of fused-ring (bicyclic) bond motifs is 2. The molecule has 0 amide bonds. The molecule has 2 aliphatic carbocycles. The first-order valence-electron chi connectivity index (χ1n) is 7.37. The largest absolute Gasteiger partial charge is 0.310 e. The smallest absolute Gasteiger partial charge is 0.129 e. The van der Waals surface area contributed by atoms with E-state index in [-0.39, 0.29) is 11.9 Å². The molecule has 4 atom stereocenters. The first-order chi connectivity index (χ1) is 9.19. The molecule has 0 spiro atoms. The quantitative estimate of drug-likeness (QED) is 0.853. The van der Waals surface area contributed by atoms with Crippen molar-refractivity contribution in [2.45, 2.75) is 38.6 Å². The van der Waals surface area contributed by atoms with Gasteiger partial charge in [0.2, 0.25) is 0 Å². The summed E-state index contributed by atoms with van der Waals surface area (Å²) in [6, 6.07) is 5.25. The van der Waals surface area contributed by atoms with Crippen LogP contribution in [0, 0.1) is 23.6 Å². The van der Waals surface area contributed by atoms with Crippen molar-refractivity contribution in [2.24, 2.45) is 17.8 Å². The summed E-state index contributed by atoms with van der Waals surface area (Å²) < 4.78 is 14.2. The van der Waals surface area contributed by atoms with E-state index in [2.05, 4.69) is 12.2 Å². The van der Waals surface area contributed by atoms with Crippen LogP contribution in [0.25, 0.3) is 0 Å². The van der Waals surface area contributed by atoms with Crippen molar-refractivity contribution in [3.8, 4) is 0 Å². The topological polar surface area (TPSA) is 12.0 Å². The molecule has 2 fully saturated rings. The molecule has 0 radical (unpaired) electrons. The zero-order valence-corrected chi connectivity index (χ0v) is 12.1. The summed E-state index contributed by atoms with van der Waals surface area (Å²) in [6.07, 6.45) is 5.31. The standard InChI is InChI=1S/C16H21ClFN/c1-2-19-16(13-6-5-12(17)9-15(13)18)14-8-10-3-4-11(14)7-10/h5-6,9-11,14,16,19H,2-4,7-8H2,1H3. The highest BCUT2D eigenvalue weighted by Crippen LogP contribution is 2.52. The summed E-state index contributed by atoms with van der Waals surface area (Å²) in [7, 11) is 0.